The summed E-state index contributed by atoms with van der Waals surface area (Å²) < 4.78 is 5.16. The van der Waals surface area contributed by atoms with Crippen LogP contribution in [-0.2, 0) is 0 Å². The Labute approximate surface area is 108 Å². The largest absolute Gasteiger partial charge is 0.322 e. The molecule has 3 nitrogen and oxygen atoms in total. The molecule has 0 bridgehead atoms. The Morgan fingerprint density at radius 2 is 2.06 bits per heavy atom. The number of thioether (sulfide) groups is 1. The van der Waals surface area contributed by atoms with E-state index >= 15 is 0 Å². The van der Waals surface area contributed by atoms with Gasteiger partial charge in [0.1, 0.15) is 0 Å². The van der Waals surface area contributed by atoms with Gasteiger partial charge in [-0.3, -0.25) is 4.79 Å². The van der Waals surface area contributed by atoms with Crippen LogP contribution in [0.15, 0.2) is 34.5 Å². The number of para-hydroxylation sites is 1. The lowest BCUT2D eigenvalue weighted by molar-refractivity contribution is 0.102. The minimum absolute atomic E-state index is 0.0909. The third-order valence-corrected chi connectivity index (χ3v) is 4.31. The summed E-state index contributed by atoms with van der Waals surface area (Å²) in [6, 6.07) is 9.44. The smallest absolute Gasteiger partial charge is 0.259 e. The second-order valence-corrected chi connectivity index (χ2v) is 5.30. The van der Waals surface area contributed by atoms with E-state index in [2.05, 4.69) is 9.69 Å². The number of nitrogens with one attached hydrogen (secondary N) is 1. The van der Waals surface area contributed by atoms with Gasteiger partial charge in [0, 0.05) is 5.69 Å². The Morgan fingerprint density at radius 1 is 1.35 bits per heavy atom. The van der Waals surface area contributed by atoms with E-state index in [0.29, 0.717) is 5.56 Å². The minimum Gasteiger partial charge on any atom is -0.322 e. The van der Waals surface area contributed by atoms with Crippen LogP contribution in [-0.4, -0.2) is 16.5 Å². The van der Waals surface area contributed by atoms with Gasteiger partial charge in [-0.1, -0.05) is 18.2 Å². The van der Waals surface area contributed by atoms with E-state index in [1.165, 1.54) is 11.5 Å². The van der Waals surface area contributed by atoms with Crippen molar-refractivity contribution in [3.63, 3.8) is 0 Å². The van der Waals surface area contributed by atoms with Gasteiger partial charge in [0.2, 0.25) is 0 Å². The number of anilines is 1. The predicted molar refractivity (Wildman–Crippen MR) is 73.0 cm³/mol. The van der Waals surface area contributed by atoms with E-state index in [1.807, 2.05) is 43.5 Å². The molecule has 0 aliphatic rings. The fourth-order valence-corrected chi connectivity index (χ4v) is 2.96. The monoisotopic (exact) mass is 264 g/mol. The molecule has 0 aliphatic carbocycles. The summed E-state index contributed by atoms with van der Waals surface area (Å²) in [4.78, 5) is 12.1. The summed E-state index contributed by atoms with van der Waals surface area (Å²) in [6.07, 6.45) is 1.95. The van der Waals surface area contributed by atoms with Crippen LogP contribution in [0.25, 0.3) is 0 Å². The van der Waals surface area contributed by atoms with E-state index in [0.717, 1.165) is 15.6 Å². The Morgan fingerprint density at radius 3 is 2.71 bits per heavy atom. The predicted octanol–water partition coefficient (Wildman–Crippen LogP) is 3.43. The van der Waals surface area contributed by atoms with Crippen molar-refractivity contribution in [2.24, 2.45) is 0 Å². The molecule has 0 unspecified atom stereocenters. The van der Waals surface area contributed by atoms with Crippen molar-refractivity contribution in [3.05, 3.63) is 41.6 Å². The van der Waals surface area contributed by atoms with Crippen LogP contribution >= 0.6 is 23.3 Å². The molecule has 0 radical (unpaired) electrons. The molecule has 1 N–H and O–H groups in total. The van der Waals surface area contributed by atoms with Crippen LogP contribution in [0.1, 0.15) is 16.1 Å². The van der Waals surface area contributed by atoms with Gasteiger partial charge in [-0.15, -0.1) is 11.8 Å². The molecule has 0 saturated heterocycles. The van der Waals surface area contributed by atoms with E-state index in [1.54, 1.807) is 11.8 Å². The number of nitrogens with zero attached hydrogens (tertiary/aromatic N) is 1. The molecule has 5 heteroatoms. The number of carbonyl (C=O) groups is 1. The van der Waals surface area contributed by atoms with Crippen molar-refractivity contribution < 1.29 is 4.79 Å². The number of aromatic nitrogens is 1. The third-order valence-electron chi connectivity index (χ3n) is 2.28. The molecule has 1 heterocycles. The quantitative estimate of drug-likeness (QED) is 0.864. The lowest BCUT2D eigenvalue weighted by Gasteiger charge is -2.05. The van der Waals surface area contributed by atoms with E-state index in [-0.39, 0.29) is 5.91 Å². The zero-order valence-electron chi connectivity index (χ0n) is 9.56. The summed E-state index contributed by atoms with van der Waals surface area (Å²) in [5, 5.41) is 2.87. The first-order valence-electron chi connectivity index (χ1n) is 5.09. The number of hydrogen-bond donors (Lipinski definition) is 1. The molecular weight excluding hydrogens is 252 g/mol. The average Bonchev–Trinajstić information content (AvgIpc) is 2.71. The molecule has 0 aliphatic heterocycles. The summed E-state index contributed by atoms with van der Waals surface area (Å²) in [5.41, 5.74) is 2.27. The van der Waals surface area contributed by atoms with Crippen molar-refractivity contribution in [1.29, 1.82) is 0 Å². The molecule has 88 valence electrons. The van der Waals surface area contributed by atoms with Crippen LogP contribution < -0.4 is 5.32 Å². The van der Waals surface area contributed by atoms with Crippen LogP contribution in [0.5, 0.6) is 0 Å². The SMILES string of the molecule is CSc1snc(C)c1C(=O)Nc1ccccc1. The second kappa shape index (κ2) is 5.33. The molecule has 1 aromatic carbocycles. The Bertz CT molecular complexity index is 523. The zero-order valence-corrected chi connectivity index (χ0v) is 11.2. The standard InChI is InChI=1S/C12H12N2OS2/c1-8-10(12(16-2)17-14-8)11(15)13-9-6-4-3-5-7-9/h3-7H,1-2H3,(H,13,15). The maximum atomic E-state index is 12.1. The summed E-state index contributed by atoms with van der Waals surface area (Å²) in [5.74, 6) is -0.0909. The van der Waals surface area contributed by atoms with E-state index in [4.69, 9.17) is 0 Å². The molecule has 2 rings (SSSR count). The lowest BCUT2D eigenvalue weighted by Crippen LogP contribution is -2.13. The first-order chi connectivity index (χ1) is 8.22. The van der Waals surface area contributed by atoms with Crippen molar-refractivity contribution in [2.45, 2.75) is 11.1 Å². The normalized spacial score (nSPS) is 10.2. The van der Waals surface area contributed by atoms with Crippen molar-refractivity contribution in [3.8, 4) is 0 Å². The minimum atomic E-state index is -0.0909. The summed E-state index contributed by atoms with van der Waals surface area (Å²) in [6.45, 7) is 1.86. The number of amides is 1. The lowest BCUT2D eigenvalue weighted by atomic mass is 10.2. The van der Waals surface area contributed by atoms with Gasteiger partial charge in [-0.05, 0) is 36.8 Å². The maximum absolute atomic E-state index is 12.1. The van der Waals surface area contributed by atoms with Gasteiger partial charge < -0.3 is 5.32 Å². The molecule has 0 spiro atoms. The number of benzene rings is 1. The summed E-state index contributed by atoms with van der Waals surface area (Å²) in [7, 11) is 0. The number of hydrogen-bond acceptors (Lipinski definition) is 4. The molecular formula is C12H12N2OS2. The Hall–Kier alpha value is -1.33. The molecule has 0 saturated carbocycles. The zero-order chi connectivity index (χ0) is 12.3. The van der Waals surface area contributed by atoms with Crippen molar-refractivity contribution in [2.75, 3.05) is 11.6 Å². The summed E-state index contributed by atoms with van der Waals surface area (Å²) >= 11 is 2.92. The van der Waals surface area contributed by atoms with Gasteiger partial charge in [0.25, 0.3) is 5.91 Å². The fraction of sp³-hybridized carbons (Fsp3) is 0.167. The average molecular weight is 264 g/mol. The molecule has 2 aromatic rings. The highest BCUT2D eigenvalue weighted by atomic mass is 32.2. The van der Waals surface area contributed by atoms with Gasteiger partial charge >= 0.3 is 0 Å². The highest BCUT2D eigenvalue weighted by Gasteiger charge is 2.17. The first-order valence-corrected chi connectivity index (χ1v) is 7.09. The molecule has 1 amide bonds. The highest BCUT2D eigenvalue weighted by Crippen LogP contribution is 2.28. The van der Waals surface area contributed by atoms with Crippen molar-refractivity contribution >= 4 is 34.9 Å². The van der Waals surface area contributed by atoms with Crippen LogP contribution in [0, 0.1) is 6.92 Å². The Balaban J connectivity index is 2.23. The topological polar surface area (TPSA) is 42.0 Å². The van der Waals surface area contributed by atoms with Crippen molar-refractivity contribution in [1.82, 2.24) is 4.37 Å². The van der Waals surface area contributed by atoms with Gasteiger partial charge in [0.05, 0.1) is 15.5 Å². The Kier molecular flexibility index (Phi) is 3.81. The van der Waals surface area contributed by atoms with Gasteiger partial charge in [0.15, 0.2) is 0 Å². The first kappa shape index (κ1) is 12.1. The highest BCUT2D eigenvalue weighted by molar-refractivity contribution is 8.00. The third kappa shape index (κ3) is 2.68. The molecule has 0 atom stereocenters. The molecule has 17 heavy (non-hydrogen) atoms. The number of aryl methyl sites for hydroxylation is 1. The van der Waals surface area contributed by atoms with Gasteiger partial charge in [-0.2, -0.15) is 4.37 Å². The molecule has 1 aromatic heterocycles. The number of carbonyl (C=O) groups excluding carboxylic acids is 1. The van der Waals surface area contributed by atoms with Crippen LogP contribution in [0.3, 0.4) is 0 Å². The maximum Gasteiger partial charge on any atom is 0.259 e. The van der Waals surface area contributed by atoms with E-state index in [9.17, 15) is 4.79 Å². The van der Waals surface area contributed by atoms with Crippen LogP contribution in [0.4, 0.5) is 5.69 Å². The second-order valence-electron chi connectivity index (χ2n) is 3.45. The van der Waals surface area contributed by atoms with E-state index < -0.39 is 0 Å². The van der Waals surface area contributed by atoms with Crippen LogP contribution in [0.2, 0.25) is 0 Å². The fourth-order valence-electron chi connectivity index (χ4n) is 1.46. The molecule has 0 fully saturated rings. The van der Waals surface area contributed by atoms with Gasteiger partial charge in [-0.25, -0.2) is 0 Å². The number of rotatable bonds is 3.